The Morgan fingerprint density at radius 2 is 1.44 bits per heavy atom. The van der Waals surface area contributed by atoms with Gasteiger partial charge in [0.2, 0.25) is 18.6 Å². The fourth-order valence-electron chi connectivity index (χ4n) is 7.92. The Kier molecular flexibility index (Phi) is 18.7. The molecular formula is C49H63Cl2N5O6. The van der Waals surface area contributed by atoms with E-state index in [1.54, 1.807) is 31.4 Å². The van der Waals surface area contributed by atoms with Crippen molar-refractivity contribution in [2.24, 2.45) is 0 Å². The number of ether oxygens (including phenoxy) is 4. The molecule has 3 heterocycles. The van der Waals surface area contributed by atoms with E-state index in [0.29, 0.717) is 51.8 Å². The normalized spacial score (nSPS) is 13.6. The van der Waals surface area contributed by atoms with E-state index in [1.807, 2.05) is 29.2 Å². The summed E-state index contributed by atoms with van der Waals surface area (Å²) in [5.74, 6) is 2.70. The molecule has 1 N–H and O–H groups in total. The highest BCUT2D eigenvalue weighted by Gasteiger charge is 2.24. The summed E-state index contributed by atoms with van der Waals surface area (Å²) in [5.41, 5.74) is 2.94. The third-order valence-electron chi connectivity index (χ3n) is 11.6. The number of pyridine rings is 1. The first-order chi connectivity index (χ1) is 30.3. The second-order valence-electron chi connectivity index (χ2n) is 16.3. The quantitative estimate of drug-likeness (QED) is 0.0651. The number of hydrogen-bond acceptors (Lipinski definition) is 9. The lowest BCUT2D eigenvalue weighted by atomic mass is 10.0. The van der Waals surface area contributed by atoms with Gasteiger partial charge in [0.1, 0.15) is 0 Å². The van der Waals surface area contributed by atoms with Crippen molar-refractivity contribution in [2.45, 2.75) is 103 Å². The molecular weight excluding hydrogens is 825 g/mol. The van der Waals surface area contributed by atoms with Gasteiger partial charge in [-0.2, -0.15) is 0 Å². The van der Waals surface area contributed by atoms with Crippen molar-refractivity contribution in [3.63, 3.8) is 0 Å². The summed E-state index contributed by atoms with van der Waals surface area (Å²) in [5, 5.41) is 3.49. The van der Waals surface area contributed by atoms with Crippen LogP contribution < -0.4 is 29.2 Å². The molecule has 6 rings (SSSR count). The third kappa shape index (κ3) is 14.4. The van der Waals surface area contributed by atoms with Gasteiger partial charge in [-0.25, -0.2) is 4.98 Å². The molecule has 0 bridgehead atoms. The first-order valence-electron chi connectivity index (χ1n) is 22.5. The Hall–Kier alpha value is -4.71. The van der Waals surface area contributed by atoms with Gasteiger partial charge in [0, 0.05) is 62.7 Å². The van der Waals surface area contributed by atoms with Crippen LogP contribution in [-0.4, -0.2) is 79.8 Å². The van der Waals surface area contributed by atoms with E-state index in [-0.39, 0.29) is 25.2 Å². The molecule has 1 aromatic heterocycles. The highest BCUT2D eigenvalue weighted by molar-refractivity contribution is 6.42. The monoisotopic (exact) mass is 887 g/mol. The number of anilines is 2. The Morgan fingerprint density at radius 3 is 2.10 bits per heavy atom. The fraction of sp³-hybridized carbons (Fsp3) is 0.490. The molecule has 0 aliphatic carbocycles. The van der Waals surface area contributed by atoms with Crippen LogP contribution in [0.4, 0.5) is 11.4 Å². The zero-order valence-electron chi connectivity index (χ0n) is 36.5. The number of benzene rings is 3. The smallest absolute Gasteiger partial charge is 0.255 e. The lowest BCUT2D eigenvalue weighted by molar-refractivity contribution is -0.131. The van der Waals surface area contributed by atoms with Gasteiger partial charge in [-0.1, -0.05) is 120 Å². The molecule has 1 fully saturated rings. The Labute approximate surface area is 378 Å². The second kappa shape index (κ2) is 24.8. The van der Waals surface area contributed by atoms with Crippen LogP contribution in [0.3, 0.4) is 0 Å². The van der Waals surface area contributed by atoms with Gasteiger partial charge in [-0.15, -0.1) is 0 Å². The first-order valence-corrected chi connectivity index (χ1v) is 23.3. The van der Waals surface area contributed by atoms with Crippen molar-refractivity contribution in [2.75, 3.05) is 63.4 Å². The molecule has 0 saturated carbocycles. The molecule has 11 nitrogen and oxygen atoms in total. The van der Waals surface area contributed by atoms with E-state index >= 15 is 0 Å². The number of methoxy groups -OCH3 is 1. The summed E-state index contributed by atoms with van der Waals surface area (Å²) in [6.45, 7) is 7.33. The SMILES string of the molecule is CCCCCCCCCCCCCCCCN(CC(=O)N1CCN(Cc2ccc3c(c2)OCO3)CC1)c1ccc(Oc2ccc(NC(=O)c3ccc(Cl)c(Cl)c3)cn2)c(OC)c1. The summed E-state index contributed by atoms with van der Waals surface area (Å²) in [7, 11) is 1.60. The molecule has 334 valence electrons. The molecule has 4 aromatic rings. The molecule has 2 aliphatic rings. The maximum Gasteiger partial charge on any atom is 0.255 e. The van der Waals surface area contributed by atoms with Crippen molar-refractivity contribution >= 4 is 46.4 Å². The van der Waals surface area contributed by atoms with Crippen molar-refractivity contribution in [3.05, 3.63) is 94.1 Å². The molecule has 0 radical (unpaired) electrons. The number of hydrogen-bond donors (Lipinski definition) is 1. The molecule has 62 heavy (non-hydrogen) atoms. The highest BCUT2D eigenvalue weighted by atomic mass is 35.5. The average molecular weight is 889 g/mol. The molecule has 0 unspecified atom stereocenters. The molecule has 0 atom stereocenters. The maximum absolute atomic E-state index is 13.9. The second-order valence-corrected chi connectivity index (χ2v) is 17.1. The van der Waals surface area contributed by atoms with Gasteiger partial charge in [0.25, 0.3) is 5.91 Å². The van der Waals surface area contributed by atoms with Crippen LogP contribution in [0.25, 0.3) is 0 Å². The van der Waals surface area contributed by atoms with Crippen LogP contribution in [0.1, 0.15) is 113 Å². The van der Waals surface area contributed by atoms with E-state index in [4.69, 9.17) is 42.1 Å². The topological polar surface area (TPSA) is 106 Å². The van der Waals surface area contributed by atoms with Crippen LogP contribution in [0.5, 0.6) is 28.9 Å². The minimum absolute atomic E-state index is 0.118. The van der Waals surface area contributed by atoms with E-state index in [0.717, 1.165) is 56.2 Å². The summed E-state index contributed by atoms with van der Waals surface area (Å²) < 4.78 is 23.0. The van der Waals surface area contributed by atoms with E-state index in [2.05, 4.69) is 39.2 Å². The van der Waals surface area contributed by atoms with Crippen LogP contribution in [0, 0.1) is 0 Å². The number of rotatable bonds is 25. The van der Waals surface area contributed by atoms with Crippen LogP contribution >= 0.6 is 23.2 Å². The Balaban J connectivity index is 1.02. The lowest BCUT2D eigenvalue weighted by Crippen LogP contribution is -2.51. The number of fused-ring (bicyclic) bond motifs is 1. The van der Waals surface area contributed by atoms with Crippen molar-refractivity contribution in [1.29, 1.82) is 0 Å². The van der Waals surface area contributed by atoms with Crippen LogP contribution in [0.2, 0.25) is 10.0 Å². The van der Waals surface area contributed by atoms with Gasteiger partial charge in [-0.3, -0.25) is 14.5 Å². The largest absolute Gasteiger partial charge is 0.493 e. The number of carbonyl (C=O) groups is 2. The van der Waals surface area contributed by atoms with Crippen LogP contribution in [-0.2, 0) is 11.3 Å². The van der Waals surface area contributed by atoms with Crippen molar-refractivity contribution in [3.8, 4) is 28.9 Å². The predicted octanol–water partition coefficient (Wildman–Crippen LogP) is 11.8. The molecule has 1 saturated heterocycles. The van der Waals surface area contributed by atoms with E-state index in [1.165, 1.54) is 94.9 Å². The Bertz CT molecular complexity index is 2030. The molecule has 2 aliphatic heterocycles. The molecule has 0 spiro atoms. The predicted molar refractivity (Wildman–Crippen MR) is 249 cm³/mol. The first kappa shape index (κ1) is 46.8. The number of unbranched alkanes of at least 4 members (excludes halogenated alkanes) is 13. The lowest BCUT2D eigenvalue weighted by Gasteiger charge is -2.36. The molecule has 2 amide bonds. The van der Waals surface area contributed by atoms with Crippen molar-refractivity contribution in [1.82, 2.24) is 14.8 Å². The molecule has 3 aromatic carbocycles. The van der Waals surface area contributed by atoms with Crippen molar-refractivity contribution < 1.29 is 28.5 Å². The van der Waals surface area contributed by atoms with Crippen LogP contribution in [0.15, 0.2) is 72.9 Å². The van der Waals surface area contributed by atoms with Gasteiger partial charge in [-0.05, 0) is 60.5 Å². The summed E-state index contributed by atoms with van der Waals surface area (Å²) in [4.78, 5) is 37.6. The minimum atomic E-state index is -0.340. The number of aromatic nitrogens is 1. The molecule has 13 heteroatoms. The van der Waals surface area contributed by atoms with Gasteiger partial charge >= 0.3 is 0 Å². The Morgan fingerprint density at radius 1 is 0.742 bits per heavy atom. The van der Waals surface area contributed by atoms with Gasteiger partial charge < -0.3 is 34.1 Å². The zero-order chi connectivity index (χ0) is 43.5. The summed E-state index contributed by atoms with van der Waals surface area (Å²) >= 11 is 12.1. The zero-order valence-corrected chi connectivity index (χ0v) is 38.0. The maximum atomic E-state index is 13.9. The standard InChI is InChI=1S/C49H63Cl2N5O6/c1-3-4-5-6-7-8-9-10-11-12-13-14-15-16-25-56(35-48(57)55-28-26-54(27-29-55)34-37-17-22-43-46(30-37)61-36-60-43)40-20-23-44(45(32-40)59-2)62-47-24-19-39(33-52-47)53-49(58)38-18-21-41(50)42(51)31-38/h17-24,30-33H,3-16,25-29,34-36H2,1-2H3,(H,53,58). The third-order valence-corrected chi connectivity index (χ3v) is 12.3. The fourth-order valence-corrected chi connectivity index (χ4v) is 8.22. The average Bonchev–Trinajstić information content (AvgIpc) is 3.76. The van der Waals surface area contributed by atoms with E-state index in [9.17, 15) is 9.59 Å². The number of amides is 2. The highest BCUT2D eigenvalue weighted by Crippen LogP contribution is 2.36. The van der Waals surface area contributed by atoms with Gasteiger partial charge in [0.05, 0.1) is 35.6 Å². The number of carbonyl (C=O) groups excluding carboxylic acids is 2. The number of nitrogens with one attached hydrogen (secondary N) is 1. The number of halogens is 2. The summed E-state index contributed by atoms with van der Waals surface area (Å²) in [6.07, 6.45) is 19.6. The number of nitrogens with zero attached hydrogens (tertiary/aromatic N) is 4. The summed E-state index contributed by atoms with van der Waals surface area (Å²) in [6, 6.07) is 19.9. The van der Waals surface area contributed by atoms with E-state index < -0.39 is 0 Å². The number of piperazine rings is 1. The minimum Gasteiger partial charge on any atom is -0.493 e. The van der Waals surface area contributed by atoms with Gasteiger partial charge in [0.15, 0.2) is 23.0 Å².